The van der Waals surface area contributed by atoms with Crippen LogP contribution in [0.1, 0.15) is 25.0 Å². The number of carbonyl (C=O) groups is 1. The van der Waals surface area contributed by atoms with Gasteiger partial charge in [-0.1, -0.05) is 24.3 Å². The summed E-state index contributed by atoms with van der Waals surface area (Å²) in [4.78, 5) is 11.6. The minimum atomic E-state index is -0.569. The smallest absolute Gasteiger partial charge is 0.315 e. The third-order valence-electron chi connectivity index (χ3n) is 2.51. The zero-order valence-electron chi connectivity index (χ0n) is 9.83. The lowest BCUT2D eigenvalue weighted by Crippen LogP contribution is -2.30. The second-order valence-corrected chi connectivity index (χ2v) is 3.93. The molecule has 0 aliphatic rings. The lowest BCUT2D eigenvalue weighted by Gasteiger charge is -2.23. The minimum absolute atomic E-state index is 0. The summed E-state index contributed by atoms with van der Waals surface area (Å²) in [6, 6.07) is 7.87. The van der Waals surface area contributed by atoms with Crippen LogP contribution in [0.25, 0.3) is 0 Å². The van der Waals surface area contributed by atoms with Crippen LogP contribution in [0.15, 0.2) is 24.3 Å². The Hall–Kier alpha value is -0.880. The number of methoxy groups -OCH3 is 1. The topological polar surface area (TPSA) is 26.3 Å². The molecule has 0 aliphatic heterocycles. The first kappa shape index (κ1) is 14.1. The summed E-state index contributed by atoms with van der Waals surface area (Å²) < 4.78 is 4.79. The predicted octanol–water partition coefficient (Wildman–Crippen LogP) is 2.50. The molecule has 84 valence electrons. The molecule has 15 heavy (non-hydrogen) atoms. The molecule has 1 aromatic rings. The van der Waals surface area contributed by atoms with E-state index >= 15 is 0 Å². The van der Waals surface area contributed by atoms with E-state index in [1.807, 2.05) is 45.0 Å². The van der Waals surface area contributed by atoms with Gasteiger partial charge in [0.05, 0.1) is 12.5 Å². The largest absolute Gasteiger partial charge is 0.468 e. The Morgan fingerprint density at radius 2 is 1.80 bits per heavy atom. The second kappa shape index (κ2) is 5.27. The SMILES string of the molecule is COC(=O)C(C)(C)c1ccccc1C.P. The summed E-state index contributed by atoms with van der Waals surface area (Å²) in [5, 5.41) is 0. The Morgan fingerprint density at radius 1 is 1.27 bits per heavy atom. The first-order valence-electron chi connectivity index (χ1n) is 4.64. The van der Waals surface area contributed by atoms with E-state index < -0.39 is 5.41 Å². The molecule has 0 fully saturated rings. The highest BCUT2D eigenvalue weighted by molar-refractivity contribution is 6.92. The van der Waals surface area contributed by atoms with E-state index in [0.29, 0.717) is 0 Å². The maximum absolute atomic E-state index is 11.6. The van der Waals surface area contributed by atoms with Crippen LogP contribution in [0.2, 0.25) is 0 Å². The molecule has 0 spiro atoms. The van der Waals surface area contributed by atoms with E-state index in [1.54, 1.807) is 0 Å². The van der Waals surface area contributed by atoms with E-state index in [-0.39, 0.29) is 15.9 Å². The van der Waals surface area contributed by atoms with E-state index in [2.05, 4.69) is 0 Å². The first-order valence-corrected chi connectivity index (χ1v) is 4.64. The van der Waals surface area contributed by atoms with Crippen molar-refractivity contribution in [1.82, 2.24) is 0 Å². The molecule has 3 heteroatoms. The van der Waals surface area contributed by atoms with Gasteiger partial charge in [-0.25, -0.2) is 0 Å². The van der Waals surface area contributed by atoms with E-state index in [0.717, 1.165) is 11.1 Å². The van der Waals surface area contributed by atoms with Gasteiger partial charge in [-0.15, -0.1) is 0 Å². The Labute approximate surface area is 94.6 Å². The average Bonchev–Trinajstić information content (AvgIpc) is 2.17. The van der Waals surface area contributed by atoms with Crippen molar-refractivity contribution < 1.29 is 9.53 Å². The van der Waals surface area contributed by atoms with Gasteiger partial charge in [0.2, 0.25) is 0 Å². The summed E-state index contributed by atoms with van der Waals surface area (Å²) in [6.07, 6.45) is 0. The summed E-state index contributed by atoms with van der Waals surface area (Å²) in [7, 11) is 1.42. The summed E-state index contributed by atoms with van der Waals surface area (Å²) >= 11 is 0. The highest BCUT2D eigenvalue weighted by atomic mass is 31.0. The number of rotatable bonds is 2. The third kappa shape index (κ3) is 2.79. The number of ether oxygens (including phenoxy) is 1. The molecule has 0 heterocycles. The van der Waals surface area contributed by atoms with Crippen LogP contribution >= 0.6 is 9.90 Å². The molecule has 1 atom stereocenters. The van der Waals surface area contributed by atoms with Crippen molar-refractivity contribution >= 4 is 15.9 Å². The summed E-state index contributed by atoms with van der Waals surface area (Å²) in [6.45, 7) is 5.75. The van der Waals surface area contributed by atoms with Gasteiger partial charge in [0, 0.05) is 0 Å². The quantitative estimate of drug-likeness (QED) is 0.572. The van der Waals surface area contributed by atoms with Crippen LogP contribution in [0.3, 0.4) is 0 Å². The lowest BCUT2D eigenvalue weighted by molar-refractivity contribution is -0.146. The van der Waals surface area contributed by atoms with Crippen molar-refractivity contribution in [3.63, 3.8) is 0 Å². The van der Waals surface area contributed by atoms with Gasteiger partial charge in [-0.3, -0.25) is 4.79 Å². The van der Waals surface area contributed by atoms with Gasteiger partial charge in [0.15, 0.2) is 0 Å². The number of esters is 1. The van der Waals surface area contributed by atoms with Crippen molar-refractivity contribution in [3.8, 4) is 0 Å². The van der Waals surface area contributed by atoms with Crippen LogP contribution < -0.4 is 0 Å². The normalized spacial score (nSPS) is 10.4. The summed E-state index contributed by atoms with van der Waals surface area (Å²) in [5.41, 5.74) is 1.56. The van der Waals surface area contributed by atoms with Gasteiger partial charge < -0.3 is 4.74 Å². The highest BCUT2D eigenvalue weighted by Gasteiger charge is 2.31. The van der Waals surface area contributed by atoms with Gasteiger partial charge in [0.1, 0.15) is 0 Å². The number of hydrogen-bond donors (Lipinski definition) is 0. The molecule has 1 rings (SSSR count). The maximum atomic E-state index is 11.6. The zero-order valence-corrected chi connectivity index (χ0v) is 11.2. The molecule has 0 N–H and O–H groups in total. The number of aryl methyl sites for hydroxylation is 1. The van der Waals surface area contributed by atoms with Gasteiger partial charge in [-0.05, 0) is 31.9 Å². The van der Waals surface area contributed by atoms with E-state index in [1.165, 1.54) is 7.11 Å². The van der Waals surface area contributed by atoms with Crippen LogP contribution in [0, 0.1) is 6.92 Å². The van der Waals surface area contributed by atoms with Crippen LogP contribution in [-0.4, -0.2) is 13.1 Å². The van der Waals surface area contributed by atoms with Crippen molar-refractivity contribution in [2.24, 2.45) is 0 Å². The fourth-order valence-electron chi connectivity index (χ4n) is 1.64. The van der Waals surface area contributed by atoms with Crippen molar-refractivity contribution in [2.45, 2.75) is 26.2 Å². The Kier molecular flexibility index (Phi) is 4.96. The van der Waals surface area contributed by atoms with Gasteiger partial charge in [0.25, 0.3) is 0 Å². The second-order valence-electron chi connectivity index (χ2n) is 3.93. The van der Waals surface area contributed by atoms with E-state index in [4.69, 9.17) is 4.74 Å². The molecule has 0 aliphatic carbocycles. The molecule has 0 saturated carbocycles. The monoisotopic (exact) mass is 226 g/mol. The summed E-state index contributed by atoms with van der Waals surface area (Å²) in [5.74, 6) is -0.202. The van der Waals surface area contributed by atoms with Crippen molar-refractivity contribution in [2.75, 3.05) is 7.11 Å². The molecule has 2 nitrogen and oxygen atoms in total. The molecular weight excluding hydrogens is 207 g/mol. The van der Waals surface area contributed by atoms with Gasteiger partial charge >= 0.3 is 5.97 Å². The van der Waals surface area contributed by atoms with Crippen LogP contribution in [0.5, 0.6) is 0 Å². The van der Waals surface area contributed by atoms with E-state index in [9.17, 15) is 4.79 Å². The molecule has 0 bridgehead atoms. The number of hydrogen-bond acceptors (Lipinski definition) is 2. The van der Waals surface area contributed by atoms with Crippen molar-refractivity contribution in [3.05, 3.63) is 35.4 Å². The fourth-order valence-corrected chi connectivity index (χ4v) is 1.64. The molecule has 0 amide bonds. The first-order chi connectivity index (χ1) is 6.50. The van der Waals surface area contributed by atoms with Crippen LogP contribution in [-0.2, 0) is 14.9 Å². The van der Waals surface area contributed by atoms with Gasteiger partial charge in [-0.2, -0.15) is 9.90 Å². The number of benzene rings is 1. The highest BCUT2D eigenvalue weighted by Crippen LogP contribution is 2.27. The van der Waals surface area contributed by atoms with Crippen LogP contribution in [0.4, 0.5) is 0 Å². The molecular formula is C12H19O2P. The third-order valence-corrected chi connectivity index (χ3v) is 2.51. The zero-order chi connectivity index (χ0) is 10.8. The fraction of sp³-hybridized carbons (Fsp3) is 0.417. The average molecular weight is 226 g/mol. The number of carbonyl (C=O) groups excluding carboxylic acids is 1. The maximum Gasteiger partial charge on any atom is 0.315 e. The minimum Gasteiger partial charge on any atom is -0.468 e. The molecule has 0 saturated heterocycles. The Bertz CT molecular complexity index is 345. The predicted molar refractivity (Wildman–Crippen MR) is 67.3 cm³/mol. The Balaban J connectivity index is 0.00000196. The molecule has 1 unspecified atom stereocenters. The molecule has 0 radical (unpaired) electrons. The molecule has 1 aromatic carbocycles. The van der Waals surface area contributed by atoms with Crippen molar-refractivity contribution in [1.29, 1.82) is 0 Å². The molecule has 0 aromatic heterocycles. The lowest BCUT2D eigenvalue weighted by atomic mass is 9.82. The Morgan fingerprint density at radius 3 is 2.27 bits per heavy atom. The standard InChI is InChI=1S/C12H16O2.H3P/c1-9-7-5-6-8-10(9)12(2,3)11(13)14-4;/h5-8H,1-4H3;1H3.